The van der Waals surface area contributed by atoms with E-state index >= 15 is 0 Å². The molecule has 1 atom stereocenters. The number of nitrogens with zero attached hydrogens (tertiary/aromatic N) is 1. The van der Waals surface area contributed by atoms with Crippen LogP contribution in [0.2, 0.25) is 0 Å². The summed E-state index contributed by atoms with van der Waals surface area (Å²) in [6, 6.07) is 11.1. The van der Waals surface area contributed by atoms with Gasteiger partial charge in [-0.3, -0.25) is 4.98 Å². The van der Waals surface area contributed by atoms with Crippen molar-refractivity contribution >= 4 is 21.6 Å². The van der Waals surface area contributed by atoms with Crippen LogP contribution >= 0.6 is 15.9 Å². The van der Waals surface area contributed by atoms with Crippen molar-refractivity contribution in [3.63, 3.8) is 0 Å². The van der Waals surface area contributed by atoms with E-state index in [0.29, 0.717) is 0 Å². The number of para-hydroxylation sites is 2. The molecule has 0 aliphatic carbocycles. The van der Waals surface area contributed by atoms with E-state index in [0.717, 1.165) is 21.6 Å². The van der Waals surface area contributed by atoms with Gasteiger partial charge in [0.25, 0.3) is 0 Å². The largest absolute Gasteiger partial charge is 0.495 e. The van der Waals surface area contributed by atoms with Crippen LogP contribution in [0.1, 0.15) is 11.7 Å². The Balaban J connectivity index is 2.21. The molecule has 100 valence electrons. The Morgan fingerprint density at radius 1 is 1.32 bits per heavy atom. The Morgan fingerprint density at radius 3 is 2.74 bits per heavy atom. The first kappa shape index (κ1) is 13.8. The molecular formula is C14H15BrN2O2. The maximum atomic E-state index is 9.52. The predicted molar refractivity (Wildman–Crippen MR) is 78.4 cm³/mol. The topological polar surface area (TPSA) is 54.4 Å². The minimum Gasteiger partial charge on any atom is -0.495 e. The number of hydrogen-bond acceptors (Lipinski definition) is 4. The fraction of sp³-hybridized carbons (Fsp3) is 0.214. The number of aromatic nitrogens is 1. The second-order valence-corrected chi connectivity index (χ2v) is 4.90. The molecule has 2 N–H and O–H groups in total. The Hall–Kier alpha value is -1.59. The van der Waals surface area contributed by atoms with Crippen molar-refractivity contribution in [2.24, 2.45) is 0 Å². The summed E-state index contributed by atoms with van der Waals surface area (Å²) in [6.07, 6.45) is 1.71. The molecule has 5 heteroatoms. The van der Waals surface area contributed by atoms with E-state index in [1.807, 2.05) is 36.4 Å². The van der Waals surface area contributed by atoms with Crippen molar-refractivity contribution in [2.45, 2.75) is 6.04 Å². The van der Waals surface area contributed by atoms with Crippen LogP contribution in [0, 0.1) is 0 Å². The fourth-order valence-electron chi connectivity index (χ4n) is 1.76. The predicted octanol–water partition coefficient (Wildman–Crippen LogP) is 3.00. The molecule has 0 saturated carbocycles. The standard InChI is InChI=1S/C14H15BrN2O2/c1-19-14-5-3-2-4-12(14)17-13(9-18)11-7-6-10(15)8-16-11/h2-8,13,17-18H,9H2,1H3. The summed E-state index contributed by atoms with van der Waals surface area (Å²) in [5.74, 6) is 0.734. The Morgan fingerprint density at radius 2 is 2.11 bits per heavy atom. The highest BCUT2D eigenvalue weighted by Crippen LogP contribution is 2.27. The van der Waals surface area contributed by atoms with Crippen molar-refractivity contribution in [3.8, 4) is 5.75 Å². The number of methoxy groups -OCH3 is 1. The van der Waals surface area contributed by atoms with Crippen LogP contribution in [-0.4, -0.2) is 23.8 Å². The van der Waals surface area contributed by atoms with Gasteiger partial charge in [-0.05, 0) is 40.2 Å². The lowest BCUT2D eigenvalue weighted by molar-refractivity contribution is 0.274. The summed E-state index contributed by atoms with van der Waals surface area (Å²) in [5.41, 5.74) is 1.60. The number of ether oxygens (including phenoxy) is 1. The average Bonchev–Trinajstić information content (AvgIpc) is 2.46. The van der Waals surface area contributed by atoms with E-state index in [4.69, 9.17) is 4.74 Å². The summed E-state index contributed by atoms with van der Waals surface area (Å²) in [4.78, 5) is 4.29. The number of nitrogens with one attached hydrogen (secondary N) is 1. The lowest BCUT2D eigenvalue weighted by Gasteiger charge is -2.19. The summed E-state index contributed by atoms with van der Waals surface area (Å²) < 4.78 is 6.18. The zero-order valence-electron chi connectivity index (χ0n) is 10.5. The molecule has 0 bridgehead atoms. The van der Waals surface area contributed by atoms with Gasteiger partial charge < -0.3 is 15.2 Å². The number of rotatable bonds is 5. The first-order valence-corrected chi connectivity index (χ1v) is 6.65. The van der Waals surface area contributed by atoms with Gasteiger partial charge in [0.15, 0.2) is 0 Å². The van der Waals surface area contributed by atoms with Crippen LogP contribution in [0.5, 0.6) is 5.75 Å². The molecule has 0 fully saturated rings. The Labute approximate surface area is 120 Å². The first-order valence-electron chi connectivity index (χ1n) is 5.86. The molecule has 0 radical (unpaired) electrons. The molecule has 0 amide bonds. The van der Waals surface area contributed by atoms with Crippen molar-refractivity contribution in [3.05, 3.63) is 52.8 Å². The van der Waals surface area contributed by atoms with Gasteiger partial charge in [0.1, 0.15) is 5.75 Å². The molecule has 0 aliphatic heterocycles. The van der Waals surface area contributed by atoms with Gasteiger partial charge in [0, 0.05) is 10.7 Å². The SMILES string of the molecule is COc1ccccc1NC(CO)c1ccc(Br)cn1. The normalized spacial score (nSPS) is 11.9. The molecule has 0 saturated heterocycles. The third kappa shape index (κ3) is 3.45. The molecule has 1 unspecified atom stereocenters. The zero-order chi connectivity index (χ0) is 13.7. The van der Waals surface area contributed by atoms with Gasteiger partial charge in [-0.1, -0.05) is 12.1 Å². The van der Waals surface area contributed by atoms with Crippen molar-refractivity contribution in [1.29, 1.82) is 0 Å². The molecule has 0 spiro atoms. The maximum absolute atomic E-state index is 9.52. The number of benzene rings is 1. The summed E-state index contributed by atoms with van der Waals surface area (Å²) >= 11 is 3.34. The lowest BCUT2D eigenvalue weighted by atomic mass is 10.2. The number of aliphatic hydroxyl groups is 1. The van der Waals surface area contributed by atoms with E-state index in [-0.39, 0.29) is 12.6 Å². The molecule has 2 aromatic rings. The van der Waals surface area contributed by atoms with Gasteiger partial charge in [-0.2, -0.15) is 0 Å². The summed E-state index contributed by atoms with van der Waals surface area (Å²) in [5, 5.41) is 12.7. The number of hydrogen-bond donors (Lipinski definition) is 2. The highest BCUT2D eigenvalue weighted by atomic mass is 79.9. The van der Waals surface area contributed by atoms with E-state index in [2.05, 4.69) is 26.2 Å². The van der Waals surface area contributed by atoms with Crippen molar-refractivity contribution in [1.82, 2.24) is 4.98 Å². The van der Waals surface area contributed by atoms with Crippen LogP contribution < -0.4 is 10.1 Å². The first-order chi connectivity index (χ1) is 9.24. The second-order valence-electron chi connectivity index (χ2n) is 3.98. The molecule has 2 rings (SSSR count). The van der Waals surface area contributed by atoms with Gasteiger partial charge >= 0.3 is 0 Å². The molecule has 1 heterocycles. The van der Waals surface area contributed by atoms with Crippen LogP contribution in [0.3, 0.4) is 0 Å². The van der Waals surface area contributed by atoms with Crippen LogP contribution in [0.15, 0.2) is 47.1 Å². The Kier molecular flexibility index (Phi) is 4.76. The number of pyridine rings is 1. The number of anilines is 1. The smallest absolute Gasteiger partial charge is 0.141 e. The number of halogens is 1. The van der Waals surface area contributed by atoms with E-state index < -0.39 is 0 Å². The average molecular weight is 323 g/mol. The van der Waals surface area contributed by atoms with Gasteiger partial charge in [0.2, 0.25) is 0 Å². The van der Waals surface area contributed by atoms with E-state index in [1.54, 1.807) is 13.3 Å². The molecule has 4 nitrogen and oxygen atoms in total. The van der Waals surface area contributed by atoms with Crippen LogP contribution in [-0.2, 0) is 0 Å². The number of aliphatic hydroxyl groups excluding tert-OH is 1. The minimum absolute atomic E-state index is 0.0489. The van der Waals surface area contributed by atoms with Crippen molar-refractivity contribution in [2.75, 3.05) is 19.0 Å². The third-order valence-corrected chi connectivity index (χ3v) is 3.20. The third-order valence-electron chi connectivity index (χ3n) is 2.73. The fourth-order valence-corrected chi connectivity index (χ4v) is 1.99. The van der Waals surface area contributed by atoms with E-state index in [1.165, 1.54) is 0 Å². The minimum atomic E-state index is -0.274. The van der Waals surface area contributed by atoms with Gasteiger partial charge in [-0.15, -0.1) is 0 Å². The van der Waals surface area contributed by atoms with Gasteiger partial charge in [0.05, 0.1) is 31.1 Å². The van der Waals surface area contributed by atoms with Crippen LogP contribution in [0.25, 0.3) is 0 Å². The molecule has 19 heavy (non-hydrogen) atoms. The maximum Gasteiger partial charge on any atom is 0.141 e. The Bertz CT molecular complexity index is 531. The van der Waals surface area contributed by atoms with E-state index in [9.17, 15) is 5.11 Å². The molecule has 1 aromatic heterocycles. The van der Waals surface area contributed by atoms with Crippen LogP contribution in [0.4, 0.5) is 5.69 Å². The summed E-state index contributed by atoms with van der Waals surface area (Å²) in [6.45, 7) is -0.0489. The second kappa shape index (κ2) is 6.54. The quantitative estimate of drug-likeness (QED) is 0.888. The van der Waals surface area contributed by atoms with Gasteiger partial charge in [-0.25, -0.2) is 0 Å². The highest BCUT2D eigenvalue weighted by molar-refractivity contribution is 9.10. The molecule has 1 aromatic carbocycles. The molecular weight excluding hydrogens is 308 g/mol. The van der Waals surface area contributed by atoms with Crippen molar-refractivity contribution < 1.29 is 9.84 Å². The zero-order valence-corrected chi connectivity index (χ0v) is 12.1. The molecule has 0 aliphatic rings. The monoisotopic (exact) mass is 322 g/mol. The summed E-state index contributed by atoms with van der Waals surface area (Å²) in [7, 11) is 1.62. The highest BCUT2D eigenvalue weighted by Gasteiger charge is 2.13. The lowest BCUT2D eigenvalue weighted by Crippen LogP contribution is -2.16.